The summed E-state index contributed by atoms with van der Waals surface area (Å²) in [6, 6.07) is 11.1. The van der Waals surface area contributed by atoms with Crippen LogP contribution in [0.5, 0.6) is 5.75 Å². The second kappa shape index (κ2) is 8.89. The molecule has 0 bridgehead atoms. The van der Waals surface area contributed by atoms with Crippen LogP contribution in [0.1, 0.15) is 18.1 Å². The quantitative estimate of drug-likeness (QED) is 0.436. The van der Waals surface area contributed by atoms with E-state index in [4.69, 9.17) is 16.3 Å². The van der Waals surface area contributed by atoms with Gasteiger partial charge in [-0.05, 0) is 53.2 Å². The maximum atomic E-state index is 11.9. The fourth-order valence-electron chi connectivity index (χ4n) is 2.36. The lowest BCUT2D eigenvalue weighted by molar-refractivity contribution is -0.384. The highest BCUT2D eigenvalue weighted by atomic mass is 35.5. The van der Waals surface area contributed by atoms with Crippen LogP contribution < -0.4 is 10.1 Å². The summed E-state index contributed by atoms with van der Waals surface area (Å²) in [4.78, 5) is 37.3. The monoisotopic (exact) mass is 431 g/mol. The highest BCUT2D eigenvalue weighted by Gasteiger charge is 2.22. The predicted octanol–water partition coefficient (Wildman–Crippen LogP) is 3.93. The maximum Gasteiger partial charge on any atom is 0.286 e. The minimum absolute atomic E-state index is 0.00846. The van der Waals surface area contributed by atoms with E-state index in [1.54, 1.807) is 36.4 Å². The third-order valence-electron chi connectivity index (χ3n) is 3.70. The summed E-state index contributed by atoms with van der Waals surface area (Å²) >= 11 is 7.33. The fourth-order valence-corrected chi connectivity index (χ4v) is 3.47. The number of benzene rings is 2. The molecule has 0 aliphatic carbocycles. The van der Waals surface area contributed by atoms with Crippen molar-refractivity contribution in [1.29, 1.82) is 0 Å². The van der Waals surface area contributed by atoms with Gasteiger partial charge in [-0.2, -0.15) is 4.99 Å². The average molecular weight is 432 g/mol. The van der Waals surface area contributed by atoms with Crippen LogP contribution in [0, 0.1) is 10.1 Å². The second-order valence-corrected chi connectivity index (χ2v) is 7.35. The van der Waals surface area contributed by atoms with Gasteiger partial charge in [0.25, 0.3) is 11.6 Å². The lowest BCUT2D eigenvalue weighted by atomic mass is 10.2. The number of amidine groups is 1. The van der Waals surface area contributed by atoms with Crippen molar-refractivity contribution in [2.45, 2.75) is 13.5 Å². The Morgan fingerprint density at radius 3 is 2.66 bits per heavy atom. The van der Waals surface area contributed by atoms with E-state index < -0.39 is 10.8 Å². The SMILES string of the molecule is CC(=O)NC1=NC(=O)C(=Cc2ccc(OCc3ccc([N+](=O)[O-])cc3)c(Cl)c2)S1. The zero-order valence-corrected chi connectivity index (χ0v) is 16.6. The van der Waals surface area contributed by atoms with E-state index in [1.807, 2.05) is 0 Å². The average Bonchev–Trinajstić information content (AvgIpc) is 2.99. The van der Waals surface area contributed by atoms with Crippen molar-refractivity contribution in [1.82, 2.24) is 5.32 Å². The highest BCUT2D eigenvalue weighted by molar-refractivity contribution is 8.18. The molecule has 0 radical (unpaired) electrons. The van der Waals surface area contributed by atoms with Crippen molar-refractivity contribution in [3.05, 3.63) is 73.6 Å². The number of thioether (sulfide) groups is 1. The molecule has 0 saturated heterocycles. The molecule has 1 aliphatic rings. The van der Waals surface area contributed by atoms with Gasteiger partial charge in [-0.25, -0.2) is 0 Å². The first-order valence-corrected chi connectivity index (χ1v) is 9.47. The van der Waals surface area contributed by atoms with Crippen LogP contribution in [0.15, 0.2) is 52.4 Å². The van der Waals surface area contributed by atoms with E-state index in [-0.39, 0.29) is 23.4 Å². The molecule has 2 amide bonds. The molecule has 148 valence electrons. The topological polar surface area (TPSA) is 111 Å². The molecule has 2 aromatic carbocycles. The summed E-state index contributed by atoms with van der Waals surface area (Å²) < 4.78 is 5.67. The van der Waals surface area contributed by atoms with Gasteiger partial charge in [0.15, 0.2) is 5.17 Å². The van der Waals surface area contributed by atoms with Crippen molar-refractivity contribution in [2.24, 2.45) is 4.99 Å². The first-order valence-electron chi connectivity index (χ1n) is 8.27. The summed E-state index contributed by atoms with van der Waals surface area (Å²) in [5, 5.41) is 13.7. The van der Waals surface area contributed by atoms with E-state index in [2.05, 4.69) is 10.3 Å². The van der Waals surface area contributed by atoms with E-state index >= 15 is 0 Å². The summed E-state index contributed by atoms with van der Waals surface area (Å²) in [5.74, 6) is -0.302. The van der Waals surface area contributed by atoms with Crippen molar-refractivity contribution < 1.29 is 19.2 Å². The molecular formula is C19H14ClN3O5S. The molecule has 0 unspecified atom stereocenters. The number of nitrogens with zero attached hydrogens (tertiary/aromatic N) is 2. The number of nitro benzene ring substituents is 1. The predicted molar refractivity (Wildman–Crippen MR) is 111 cm³/mol. The van der Waals surface area contributed by atoms with Crippen LogP contribution in [0.2, 0.25) is 5.02 Å². The van der Waals surface area contributed by atoms with E-state index in [1.165, 1.54) is 19.1 Å². The van der Waals surface area contributed by atoms with Gasteiger partial charge in [0.05, 0.1) is 14.9 Å². The van der Waals surface area contributed by atoms with Crippen molar-refractivity contribution in [3.63, 3.8) is 0 Å². The van der Waals surface area contributed by atoms with Gasteiger partial charge in [-0.3, -0.25) is 19.7 Å². The van der Waals surface area contributed by atoms with Gasteiger partial charge in [0.1, 0.15) is 12.4 Å². The molecule has 0 atom stereocenters. The van der Waals surface area contributed by atoms with E-state index in [9.17, 15) is 19.7 Å². The molecule has 8 nitrogen and oxygen atoms in total. The molecule has 1 aliphatic heterocycles. The number of halogens is 1. The Bertz CT molecular complexity index is 1050. The first-order chi connectivity index (χ1) is 13.8. The standard InChI is InChI=1S/C19H14ClN3O5S/c1-11(24)21-19-22-18(25)17(29-19)9-13-4-7-16(15(20)8-13)28-10-12-2-5-14(6-3-12)23(26)27/h2-9H,10H2,1H3,(H,21,22,24,25). The number of ether oxygens (including phenoxy) is 1. The zero-order valence-electron chi connectivity index (χ0n) is 15.0. The molecule has 1 N–H and O–H groups in total. The number of rotatable bonds is 5. The molecule has 2 aromatic rings. The van der Waals surface area contributed by atoms with E-state index in [0.717, 1.165) is 17.3 Å². The second-order valence-electron chi connectivity index (χ2n) is 5.92. The molecule has 0 saturated carbocycles. The van der Waals surface area contributed by atoms with Crippen molar-refractivity contribution >= 4 is 52.1 Å². The van der Waals surface area contributed by atoms with Crippen LogP contribution in [-0.2, 0) is 16.2 Å². The van der Waals surface area contributed by atoms with Gasteiger partial charge in [0.2, 0.25) is 5.91 Å². The van der Waals surface area contributed by atoms with Crippen molar-refractivity contribution in [3.8, 4) is 5.75 Å². The molecule has 29 heavy (non-hydrogen) atoms. The van der Waals surface area contributed by atoms with Gasteiger partial charge < -0.3 is 10.1 Å². The number of aliphatic imine (C=N–C) groups is 1. The third-order valence-corrected chi connectivity index (χ3v) is 4.89. The Morgan fingerprint density at radius 1 is 1.31 bits per heavy atom. The Labute approximate surface area is 174 Å². The van der Waals surface area contributed by atoms with Crippen LogP contribution in [0.3, 0.4) is 0 Å². The Hall–Kier alpha value is -3.17. The third kappa shape index (κ3) is 5.43. The Kier molecular flexibility index (Phi) is 6.30. The normalized spacial score (nSPS) is 14.6. The Balaban J connectivity index is 1.65. The minimum atomic E-state index is -0.466. The zero-order chi connectivity index (χ0) is 21.0. The minimum Gasteiger partial charge on any atom is -0.487 e. The van der Waals surface area contributed by atoms with Gasteiger partial charge in [-0.15, -0.1) is 0 Å². The Morgan fingerprint density at radius 2 is 2.03 bits per heavy atom. The van der Waals surface area contributed by atoms with E-state index in [0.29, 0.717) is 21.2 Å². The van der Waals surface area contributed by atoms with Gasteiger partial charge >= 0.3 is 0 Å². The van der Waals surface area contributed by atoms with Crippen LogP contribution in [-0.4, -0.2) is 21.9 Å². The molecule has 3 rings (SSSR count). The summed E-state index contributed by atoms with van der Waals surface area (Å²) in [6.07, 6.45) is 1.62. The lowest BCUT2D eigenvalue weighted by Gasteiger charge is -2.09. The lowest BCUT2D eigenvalue weighted by Crippen LogP contribution is -2.23. The molecular weight excluding hydrogens is 418 g/mol. The summed E-state index contributed by atoms with van der Waals surface area (Å²) in [6.45, 7) is 1.53. The smallest absolute Gasteiger partial charge is 0.286 e. The first kappa shape index (κ1) is 20.6. The van der Waals surface area contributed by atoms with Crippen molar-refractivity contribution in [2.75, 3.05) is 0 Å². The maximum absolute atomic E-state index is 11.9. The molecule has 1 heterocycles. The molecule has 0 aromatic heterocycles. The molecule has 10 heteroatoms. The molecule has 0 spiro atoms. The number of carbonyl (C=O) groups is 2. The number of nitrogens with one attached hydrogen (secondary N) is 1. The van der Waals surface area contributed by atoms with Gasteiger partial charge in [0, 0.05) is 19.1 Å². The number of non-ortho nitro benzene ring substituents is 1. The number of hydrogen-bond donors (Lipinski definition) is 1. The number of carbonyl (C=O) groups excluding carboxylic acids is 2. The van der Waals surface area contributed by atoms with Gasteiger partial charge in [-0.1, -0.05) is 17.7 Å². The summed E-state index contributed by atoms with van der Waals surface area (Å²) in [7, 11) is 0. The van der Waals surface area contributed by atoms with Crippen LogP contribution in [0.4, 0.5) is 5.69 Å². The number of nitro groups is 1. The number of hydrogen-bond acceptors (Lipinski definition) is 6. The van der Waals surface area contributed by atoms with Crippen LogP contribution >= 0.6 is 23.4 Å². The number of amides is 2. The fraction of sp³-hybridized carbons (Fsp3) is 0.105. The highest BCUT2D eigenvalue weighted by Crippen LogP contribution is 2.31. The largest absolute Gasteiger partial charge is 0.487 e. The van der Waals surface area contributed by atoms with Crippen LogP contribution in [0.25, 0.3) is 6.08 Å². The molecule has 0 fully saturated rings. The summed E-state index contributed by atoms with van der Waals surface area (Å²) in [5.41, 5.74) is 1.44.